The Morgan fingerprint density at radius 3 is 2.76 bits per heavy atom. The van der Waals surface area contributed by atoms with E-state index < -0.39 is 24.2 Å². The highest BCUT2D eigenvalue weighted by Gasteiger charge is 2.16. The van der Waals surface area contributed by atoms with Gasteiger partial charge in [0.1, 0.15) is 12.4 Å². The summed E-state index contributed by atoms with van der Waals surface area (Å²) in [4.78, 5) is 21.7. The number of carbonyl (C=O) groups excluding carboxylic acids is 1. The number of hydrogen-bond donors (Lipinski definition) is 2. The van der Waals surface area contributed by atoms with Gasteiger partial charge in [-0.05, 0) is 18.2 Å². The molecule has 0 aliphatic carbocycles. The van der Waals surface area contributed by atoms with Crippen molar-refractivity contribution in [3.8, 4) is 0 Å². The number of amides is 1. The van der Waals surface area contributed by atoms with Crippen LogP contribution in [0, 0.1) is 5.82 Å². The van der Waals surface area contributed by atoms with E-state index in [4.69, 9.17) is 10.8 Å². The first kappa shape index (κ1) is 11.1. The summed E-state index contributed by atoms with van der Waals surface area (Å²) < 4.78 is 14.1. The number of primary amides is 1. The van der Waals surface area contributed by atoms with Crippen molar-refractivity contribution in [1.82, 2.24) is 9.78 Å². The second-order valence-electron chi connectivity index (χ2n) is 3.43. The van der Waals surface area contributed by atoms with Crippen LogP contribution in [0.1, 0.15) is 10.5 Å². The molecule has 1 aromatic carbocycles. The summed E-state index contributed by atoms with van der Waals surface area (Å²) in [6.45, 7) is -0.465. The highest BCUT2D eigenvalue weighted by molar-refractivity contribution is 6.04. The monoisotopic (exact) mass is 237 g/mol. The van der Waals surface area contributed by atoms with Gasteiger partial charge in [0, 0.05) is 5.39 Å². The zero-order chi connectivity index (χ0) is 12.6. The number of nitrogens with zero attached hydrogens (tertiary/aromatic N) is 2. The standard InChI is InChI=1S/C10H8FN3O3/c11-5-1-2-6-7(3-5)14(4-8(15)16)13-9(6)10(12)17/h1-3H,4H2,(H2,12,17)(H,15,16). The zero-order valence-electron chi connectivity index (χ0n) is 8.55. The topological polar surface area (TPSA) is 98.2 Å². The van der Waals surface area contributed by atoms with Crippen LogP contribution in [0.2, 0.25) is 0 Å². The lowest BCUT2D eigenvalue weighted by molar-refractivity contribution is -0.137. The first-order chi connectivity index (χ1) is 7.99. The fourth-order valence-electron chi connectivity index (χ4n) is 1.58. The summed E-state index contributed by atoms with van der Waals surface area (Å²) in [6, 6.07) is 3.61. The van der Waals surface area contributed by atoms with Gasteiger partial charge in [0.05, 0.1) is 5.52 Å². The van der Waals surface area contributed by atoms with Gasteiger partial charge in [0.15, 0.2) is 5.69 Å². The largest absolute Gasteiger partial charge is 0.480 e. The van der Waals surface area contributed by atoms with Gasteiger partial charge in [-0.1, -0.05) is 0 Å². The normalized spacial score (nSPS) is 10.6. The van der Waals surface area contributed by atoms with Crippen LogP contribution in [-0.2, 0) is 11.3 Å². The second-order valence-corrected chi connectivity index (χ2v) is 3.43. The molecule has 0 unspecified atom stereocenters. The number of aliphatic carboxylic acids is 1. The maximum atomic E-state index is 13.1. The molecule has 2 rings (SSSR count). The number of aromatic nitrogens is 2. The van der Waals surface area contributed by atoms with Crippen LogP contribution in [0.25, 0.3) is 10.9 Å². The Kier molecular flexibility index (Phi) is 2.51. The van der Waals surface area contributed by atoms with Crippen molar-refractivity contribution < 1.29 is 19.1 Å². The van der Waals surface area contributed by atoms with E-state index >= 15 is 0 Å². The molecular formula is C10H8FN3O3. The second kappa shape index (κ2) is 3.85. The van der Waals surface area contributed by atoms with Gasteiger partial charge in [-0.25, -0.2) is 4.39 Å². The van der Waals surface area contributed by atoms with E-state index in [9.17, 15) is 14.0 Å². The van der Waals surface area contributed by atoms with Crippen LogP contribution in [-0.4, -0.2) is 26.8 Å². The number of hydrogen-bond acceptors (Lipinski definition) is 3. The molecule has 0 atom stereocenters. The van der Waals surface area contributed by atoms with Crippen LogP contribution in [0.5, 0.6) is 0 Å². The lowest BCUT2D eigenvalue weighted by Gasteiger charge is -1.98. The average molecular weight is 237 g/mol. The molecule has 1 aromatic heterocycles. The van der Waals surface area contributed by atoms with Gasteiger partial charge >= 0.3 is 5.97 Å². The van der Waals surface area contributed by atoms with Crippen molar-refractivity contribution in [2.75, 3.05) is 0 Å². The number of carboxylic acid groups (broad SMARTS) is 1. The van der Waals surface area contributed by atoms with Crippen molar-refractivity contribution in [2.24, 2.45) is 5.73 Å². The third-order valence-electron chi connectivity index (χ3n) is 2.23. The van der Waals surface area contributed by atoms with Gasteiger partial charge in [-0.3, -0.25) is 14.3 Å². The number of halogens is 1. The number of carboxylic acids is 1. The molecule has 0 aliphatic rings. The predicted octanol–water partition coefficient (Wildman–Crippen LogP) is 0.359. The molecular weight excluding hydrogens is 229 g/mol. The molecule has 1 heterocycles. The maximum absolute atomic E-state index is 13.1. The van der Waals surface area contributed by atoms with Gasteiger partial charge in [0.25, 0.3) is 5.91 Å². The fraction of sp³-hybridized carbons (Fsp3) is 0.100. The molecule has 0 aliphatic heterocycles. The predicted molar refractivity (Wildman–Crippen MR) is 55.8 cm³/mol. The average Bonchev–Trinajstić information content (AvgIpc) is 2.56. The Morgan fingerprint density at radius 2 is 2.18 bits per heavy atom. The summed E-state index contributed by atoms with van der Waals surface area (Å²) in [6.07, 6.45) is 0. The molecule has 6 nitrogen and oxygen atoms in total. The third-order valence-corrected chi connectivity index (χ3v) is 2.23. The van der Waals surface area contributed by atoms with E-state index in [1.54, 1.807) is 0 Å². The zero-order valence-corrected chi connectivity index (χ0v) is 8.55. The number of fused-ring (bicyclic) bond motifs is 1. The van der Waals surface area contributed by atoms with Crippen molar-refractivity contribution in [3.63, 3.8) is 0 Å². The summed E-state index contributed by atoms with van der Waals surface area (Å²) >= 11 is 0. The first-order valence-electron chi connectivity index (χ1n) is 4.66. The summed E-state index contributed by atoms with van der Waals surface area (Å²) in [5, 5.41) is 12.8. The number of carbonyl (C=O) groups is 2. The van der Waals surface area contributed by atoms with Crippen LogP contribution >= 0.6 is 0 Å². The van der Waals surface area contributed by atoms with Crippen molar-refractivity contribution in [1.29, 1.82) is 0 Å². The van der Waals surface area contributed by atoms with Crippen molar-refractivity contribution >= 4 is 22.8 Å². The van der Waals surface area contributed by atoms with E-state index in [2.05, 4.69) is 5.10 Å². The van der Waals surface area contributed by atoms with E-state index in [1.165, 1.54) is 6.07 Å². The molecule has 0 radical (unpaired) electrons. The molecule has 17 heavy (non-hydrogen) atoms. The Labute approximate surface area is 94.4 Å². The Balaban J connectivity index is 2.70. The lowest BCUT2D eigenvalue weighted by Crippen LogP contribution is -2.14. The number of benzene rings is 1. The minimum atomic E-state index is -1.14. The third kappa shape index (κ3) is 1.94. The van der Waals surface area contributed by atoms with Crippen LogP contribution in [0.15, 0.2) is 18.2 Å². The molecule has 88 valence electrons. The van der Waals surface area contributed by atoms with Crippen LogP contribution < -0.4 is 5.73 Å². The maximum Gasteiger partial charge on any atom is 0.325 e. The summed E-state index contributed by atoms with van der Waals surface area (Å²) in [5.74, 6) is -2.47. The summed E-state index contributed by atoms with van der Waals surface area (Å²) in [7, 11) is 0. The highest BCUT2D eigenvalue weighted by Crippen LogP contribution is 2.19. The van der Waals surface area contributed by atoms with Crippen LogP contribution in [0.3, 0.4) is 0 Å². The van der Waals surface area contributed by atoms with Crippen molar-refractivity contribution in [2.45, 2.75) is 6.54 Å². The fourth-order valence-corrected chi connectivity index (χ4v) is 1.58. The molecule has 0 spiro atoms. The molecule has 0 saturated heterocycles. The quantitative estimate of drug-likeness (QED) is 0.805. The smallest absolute Gasteiger partial charge is 0.325 e. The van der Waals surface area contributed by atoms with Gasteiger partial charge in [0.2, 0.25) is 0 Å². The van der Waals surface area contributed by atoms with E-state index in [-0.39, 0.29) is 11.2 Å². The Bertz CT molecular complexity index is 621. The molecule has 0 saturated carbocycles. The van der Waals surface area contributed by atoms with E-state index in [1.807, 2.05) is 0 Å². The van der Waals surface area contributed by atoms with Crippen molar-refractivity contribution in [3.05, 3.63) is 29.7 Å². The number of nitrogens with two attached hydrogens (primary N) is 1. The molecule has 7 heteroatoms. The van der Waals surface area contributed by atoms with Gasteiger partial charge in [-0.2, -0.15) is 5.10 Å². The van der Waals surface area contributed by atoms with E-state index in [0.29, 0.717) is 5.39 Å². The molecule has 0 bridgehead atoms. The van der Waals surface area contributed by atoms with Crippen LogP contribution in [0.4, 0.5) is 4.39 Å². The Hall–Kier alpha value is -2.44. The molecule has 0 fully saturated rings. The lowest BCUT2D eigenvalue weighted by atomic mass is 10.2. The SMILES string of the molecule is NC(=O)c1nn(CC(=O)O)c2cc(F)ccc12. The molecule has 3 N–H and O–H groups in total. The molecule has 2 aromatic rings. The Morgan fingerprint density at radius 1 is 1.47 bits per heavy atom. The van der Waals surface area contributed by atoms with Gasteiger partial charge in [-0.15, -0.1) is 0 Å². The first-order valence-corrected chi connectivity index (χ1v) is 4.66. The minimum absolute atomic E-state index is 0.0683. The van der Waals surface area contributed by atoms with Gasteiger partial charge < -0.3 is 10.8 Å². The highest BCUT2D eigenvalue weighted by atomic mass is 19.1. The minimum Gasteiger partial charge on any atom is -0.480 e. The summed E-state index contributed by atoms with van der Waals surface area (Å²) in [5.41, 5.74) is 5.26. The number of rotatable bonds is 3. The van der Waals surface area contributed by atoms with E-state index in [0.717, 1.165) is 16.8 Å². The molecule has 1 amide bonds.